The van der Waals surface area contributed by atoms with Crippen LogP contribution in [0.25, 0.3) is 0 Å². The van der Waals surface area contributed by atoms with E-state index in [1.807, 2.05) is 39.4 Å². The van der Waals surface area contributed by atoms with Gasteiger partial charge in [-0.1, -0.05) is 240 Å². The summed E-state index contributed by atoms with van der Waals surface area (Å²) in [4.78, 5) is 39.9. The number of hydrogen-bond acceptors (Lipinski definition) is 7. The number of hydrogen-bond donors (Lipinski definition) is 1. The third-order valence-electron chi connectivity index (χ3n) is 13.0. The Morgan fingerprint density at radius 3 is 1.31 bits per heavy atom. The Hall–Kier alpha value is -3.07. The normalized spacial score (nSPS) is 14.4. The van der Waals surface area contributed by atoms with Crippen molar-refractivity contribution in [3.05, 3.63) is 97.2 Å². The van der Waals surface area contributed by atoms with Gasteiger partial charge in [-0.25, -0.2) is 0 Å². The highest BCUT2D eigenvalue weighted by molar-refractivity contribution is 7.45. The van der Waals surface area contributed by atoms with Crippen LogP contribution in [0.2, 0.25) is 0 Å². The van der Waals surface area contributed by atoms with Gasteiger partial charge in [0, 0.05) is 12.8 Å². The third-order valence-corrected chi connectivity index (χ3v) is 14.0. The average Bonchev–Trinajstić information content (AvgIpc) is 3.37. The lowest BCUT2D eigenvalue weighted by molar-refractivity contribution is -0.870. The summed E-state index contributed by atoms with van der Waals surface area (Å²) in [6.45, 7) is 6.67. The summed E-state index contributed by atoms with van der Waals surface area (Å²) < 4.78 is 30.2. The van der Waals surface area contributed by atoms with Gasteiger partial charge in [0.2, 0.25) is 5.91 Å². The molecule has 9 nitrogen and oxygen atoms in total. The smallest absolute Gasteiger partial charge is 0.306 e. The van der Waals surface area contributed by atoms with Gasteiger partial charge in [-0.3, -0.25) is 14.2 Å². The summed E-state index contributed by atoms with van der Waals surface area (Å²) in [5.74, 6) is -0.635. The summed E-state index contributed by atoms with van der Waals surface area (Å²) in [5.41, 5.74) is 0. The van der Waals surface area contributed by atoms with Crippen molar-refractivity contribution >= 4 is 19.7 Å². The van der Waals surface area contributed by atoms with Crippen molar-refractivity contribution in [1.82, 2.24) is 5.32 Å². The number of quaternary nitrogens is 1. The fourth-order valence-corrected chi connectivity index (χ4v) is 9.03. The molecule has 0 spiro atoms. The lowest BCUT2D eigenvalue weighted by atomic mass is 10.0. The second-order valence-electron chi connectivity index (χ2n) is 21.5. The molecular weight excluding hydrogens is 952 g/mol. The molecule has 0 radical (unpaired) electrons. The van der Waals surface area contributed by atoms with Crippen LogP contribution in [0.1, 0.15) is 252 Å². The highest BCUT2D eigenvalue weighted by Crippen LogP contribution is 2.38. The van der Waals surface area contributed by atoms with E-state index >= 15 is 0 Å². The first kappa shape index (κ1) is 71.9. The van der Waals surface area contributed by atoms with Crippen LogP contribution in [0.3, 0.4) is 0 Å². The number of carbonyl (C=O) groups excluding carboxylic acids is 2. The Morgan fingerprint density at radius 1 is 0.480 bits per heavy atom. The van der Waals surface area contributed by atoms with Gasteiger partial charge in [-0.15, -0.1) is 0 Å². The second-order valence-corrected chi connectivity index (χ2v) is 22.9. The molecule has 0 aliphatic heterocycles. The van der Waals surface area contributed by atoms with E-state index in [9.17, 15) is 19.0 Å². The zero-order valence-electron chi connectivity index (χ0n) is 49.2. The molecule has 0 fully saturated rings. The minimum atomic E-state index is -4.72. The highest BCUT2D eigenvalue weighted by atomic mass is 31.2. The van der Waals surface area contributed by atoms with Crippen molar-refractivity contribution in [2.45, 2.75) is 264 Å². The molecule has 1 N–H and O–H groups in total. The SMILES string of the molecule is CC/C=C\C/C=C\C/C=C\C/C=C\C/C=C\CCCCCCCCCC(=O)NC(COP(=O)([O-])OCC[N+](C)(C)C)C(/C=C\CCCCCCCCCCCCC)OC(=O)CC/C=C/C/C=C\CCCCCCCC. The number of allylic oxidation sites excluding steroid dienone is 15. The highest BCUT2D eigenvalue weighted by Gasteiger charge is 2.27. The van der Waals surface area contributed by atoms with Crippen LogP contribution in [-0.4, -0.2) is 69.4 Å². The van der Waals surface area contributed by atoms with Crippen LogP contribution in [0, 0.1) is 0 Å². The fraction of sp³-hybridized carbons (Fsp3) is 0.723. The van der Waals surface area contributed by atoms with Crippen molar-refractivity contribution in [3.63, 3.8) is 0 Å². The van der Waals surface area contributed by atoms with Crippen LogP contribution < -0.4 is 10.2 Å². The van der Waals surface area contributed by atoms with Crippen molar-refractivity contribution in [2.24, 2.45) is 0 Å². The summed E-state index contributed by atoms with van der Waals surface area (Å²) >= 11 is 0. The van der Waals surface area contributed by atoms with Gasteiger partial charge in [0.15, 0.2) is 0 Å². The lowest BCUT2D eigenvalue weighted by Gasteiger charge is -2.30. The van der Waals surface area contributed by atoms with E-state index in [1.54, 1.807) is 0 Å². The molecule has 432 valence electrons. The number of nitrogens with zero attached hydrogens (tertiary/aromatic N) is 1. The van der Waals surface area contributed by atoms with E-state index in [2.05, 4.69) is 105 Å². The number of esters is 1. The van der Waals surface area contributed by atoms with Gasteiger partial charge in [0.05, 0.1) is 33.8 Å². The largest absolute Gasteiger partial charge is 0.756 e. The Kier molecular flexibility index (Phi) is 52.1. The summed E-state index contributed by atoms with van der Waals surface area (Å²) in [6, 6.07) is -0.922. The van der Waals surface area contributed by atoms with Gasteiger partial charge < -0.3 is 28.5 Å². The fourth-order valence-electron chi connectivity index (χ4n) is 8.31. The summed E-state index contributed by atoms with van der Waals surface area (Å²) in [7, 11) is 1.14. The van der Waals surface area contributed by atoms with Gasteiger partial charge >= 0.3 is 5.97 Å². The Labute approximate surface area is 462 Å². The number of rotatable bonds is 54. The maximum Gasteiger partial charge on any atom is 0.306 e. The maximum absolute atomic E-state index is 13.5. The molecule has 75 heavy (non-hydrogen) atoms. The molecular formula is C65H115N2O7P. The first-order chi connectivity index (χ1) is 36.4. The van der Waals surface area contributed by atoms with E-state index in [0.717, 1.165) is 89.9 Å². The van der Waals surface area contributed by atoms with E-state index in [-0.39, 0.29) is 25.4 Å². The predicted octanol–water partition coefficient (Wildman–Crippen LogP) is 18.1. The number of amides is 1. The molecule has 0 aromatic carbocycles. The van der Waals surface area contributed by atoms with Gasteiger partial charge in [0.25, 0.3) is 7.82 Å². The Balaban J connectivity index is 5.31. The molecule has 3 unspecified atom stereocenters. The molecule has 0 aliphatic rings. The van der Waals surface area contributed by atoms with Crippen molar-refractivity contribution < 1.29 is 37.3 Å². The van der Waals surface area contributed by atoms with E-state index in [4.69, 9.17) is 13.8 Å². The van der Waals surface area contributed by atoms with Gasteiger partial charge in [0.1, 0.15) is 19.3 Å². The van der Waals surface area contributed by atoms with E-state index in [1.165, 1.54) is 116 Å². The number of unbranched alkanes of at least 4 members (excludes halogenated alkanes) is 24. The number of phosphoric ester groups is 1. The molecule has 0 aromatic heterocycles. The van der Waals surface area contributed by atoms with Crippen LogP contribution in [-0.2, 0) is 27.9 Å². The van der Waals surface area contributed by atoms with E-state index < -0.39 is 32.5 Å². The minimum absolute atomic E-state index is 0.0364. The molecule has 0 aromatic rings. The molecule has 0 rings (SSSR count). The van der Waals surface area contributed by atoms with Crippen LogP contribution in [0.5, 0.6) is 0 Å². The maximum atomic E-state index is 13.5. The number of ether oxygens (including phenoxy) is 1. The molecule has 0 heterocycles. The quantitative estimate of drug-likeness (QED) is 0.0212. The predicted molar refractivity (Wildman–Crippen MR) is 321 cm³/mol. The average molecular weight is 1070 g/mol. The first-order valence-corrected chi connectivity index (χ1v) is 32.0. The Bertz CT molecular complexity index is 1610. The van der Waals surface area contributed by atoms with Crippen molar-refractivity contribution in [3.8, 4) is 0 Å². The summed E-state index contributed by atoms with van der Waals surface area (Å²) in [6.07, 6.45) is 72.4. The molecule has 0 saturated carbocycles. The van der Waals surface area contributed by atoms with Gasteiger partial charge in [-0.05, 0) is 96.0 Å². The number of phosphoric acid groups is 1. The van der Waals surface area contributed by atoms with E-state index in [0.29, 0.717) is 23.9 Å². The summed E-state index contributed by atoms with van der Waals surface area (Å²) in [5, 5.41) is 3.00. The zero-order chi connectivity index (χ0) is 55.0. The molecule has 3 atom stereocenters. The molecule has 0 aliphatic carbocycles. The zero-order valence-corrected chi connectivity index (χ0v) is 50.1. The minimum Gasteiger partial charge on any atom is -0.756 e. The van der Waals surface area contributed by atoms with Crippen LogP contribution in [0.4, 0.5) is 0 Å². The van der Waals surface area contributed by atoms with Crippen LogP contribution in [0.15, 0.2) is 97.2 Å². The Morgan fingerprint density at radius 2 is 0.867 bits per heavy atom. The second kappa shape index (κ2) is 54.3. The molecule has 0 bridgehead atoms. The number of carbonyl (C=O) groups is 2. The standard InChI is InChI=1S/C65H115N2O7P/c1-7-10-13-16-19-22-25-28-29-30-31-32-33-34-35-36-37-40-42-45-48-51-54-57-64(68)66-62(61-73-75(70,71)72-60-59-67(4,5)6)63(56-53-50-47-44-41-38-26-23-20-17-14-11-8-2)74-65(69)58-55-52-49-46-43-39-27-24-21-18-15-12-9-3/h10,13,19,22,28-29,31-32,34-35,39,43,49,52-53,56,62-63H,7-9,11-12,14-18,20-21,23-27,30,33,36-38,40-42,44-48,50-51,54-55,57-61H2,1-6H3,(H-,66,68,70,71)/b13-10-,22-19-,29-28-,32-31-,35-34-,43-39-,52-49+,56-53-. The van der Waals surface area contributed by atoms with Crippen molar-refractivity contribution in [1.29, 1.82) is 0 Å². The third kappa shape index (κ3) is 55.5. The number of nitrogens with one attached hydrogen (secondary N) is 1. The first-order valence-electron chi connectivity index (χ1n) is 30.5. The number of likely N-dealkylation sites (N-methyl/N-ethyl adjacent to an activating group) is 1. The van der Waals surface area contributed by atoms with Crippen molar-refractivity contribution in [2.75, 3.05) is 40.9 Å². The lowest BCUT2D eigenvalue weighted by Crippen LogP contribution is -2.47. The van der Waals surface area contributed by atoms with Crippen LogP contribution >= 0.6 is 7.82 Å². The van der Waals surface area contributed by atoms with Gasteiger partial charge in [-0.2, -0.15) is 0 Å². The topological polar surface area (TPSA) is 114 Å². The molecule has 0 saturated heterocycles. The molecule has 10 heteroatoms. The monoisotopic (exact) mass is 1070 g/mol. The molecule has 1 amide bonds.